The van der Waals surface area contributed by atoms with E-state index in [-0.39, 0.29) is 18.3 Å². The Morgan fingerprint density at radius 1 is 1.16 bits per heavy atom. The largest absolute Gasteiger partial charge is 0.484 e. The highest BCUT2D eigenvalue weighted by molar-refractivity contribution is 5.94. The second-order valence-corrected chi connectivity index (χ2v) is 6.46. The van der Waals surface area contributed by atoms with Crippen LogP contribution in [0.5, 0.6) is 5.75 Å². The number of benzene rings is 2. The molecule has 1 atom stereocenters. The third-order valence-electron chi connectivity index (χ3n) is 4.65. The van der Waals surface area contributed by atoms with Crippen molar-refractivity contribution in [2.24, 2.45) is 0 Å². The molecule has 4 heteroatoms. The van der Waals surface area contributed by atoms with E-state index in [0.717, 1.165) is 19.3 Å². The minimum absolute atomic E-state index is 0.0223. The molecular weight excluding hydrogens is 314 g/mol. The number of aryl methyl sites for hydroxylation is 1. The number of amides is 1. The second kappa shape index (κ2) is 7.97. The number of ether oxygens (including phenoxy) is 1. The van der Waals surface area contributed by atoms with E-state index in [9.17, 15) is 9.59 Å². The number of fused-ring (bicyclic) bond motifs is 1. The van der Waals surface area contributed by atoms with Gasteiger partial charge in [-0.05, 0) is 49.4 Å². The maximum atomic E-state index is 12.1. The molecule has 1 unspecified atom stereocenters. The summed E-state index contributed by atoms with van der Waals surface area (Å²) in [6.07, 6.45) is 3.38. The molecule has 4 nitrogen and oxygen atoms in total. The molecular formula is C21H23NO3. The molecule has 3 rings (SSSR count). The molecule has 1 N–H and O–H groups in total. The van der Waals surface area contributed by atoms with Gasteiger partial charge in [0.2, 0.25) is 0 Å². The van der Waals surface area contributed by atoms with Crippen LogP contribution in [0.4, 0.5) is 0 Å². The summed E-state index contributed by atoms with van der Waals surface area (Å²) in [6.45, 7) is 2.09. The van der Waals surface area contributed by atoms with Crippen molar-refractivity contribution in [2.75, 3.05) is 13.2 Å². The van der Waals surface area contributed by atoms with Gasteiger partial charge in [0.25, 0.3) is 5.91 Å². The third kappa shape index (κ3) is 4.47. The highest BCUT2D eigenvalue weighted by Crippen LogP contribution is 2.30. The summed E-state index contributed by atoms with van der Waals surface area (Å²) in [5.41, 5.74) is 3.33. The van der Waals surface area contributed by atoms with Crippen LogP contribution in [-0.2, 0) is 11.2 Å². The minimum Gasteiger partial charge on any atom is -0.484 e. The monoisotopic (exact) mass is 337 g/mol. The molecule has 0 saturated carbocycles. The lowest BCUT2D eigenvalue weighted by molar-refractivity contribution is -0.123. The quantitative estimate of drug-likeness (QED) is 0.821. The van der Waals surface area contributed by atoms with Crippen molar-refractivity contribution in [3.8, 4) is 5.75 Å². The summed E-state index contributed by atoms with van der Waals surface area (Å²) < 4.78 is 5.50. The Morgan fingerprint density at radius 2 is 2.00 bits per heavy atom. The Morgan fingerprint density at radius 3 is 2.84 bits per heavy atom. The van der Waals surface area contributed by atoms with Crippen molar-refractivity contribution in [3.05, 3.63) is 65.2 Å². The van der Waals surface area contributed by atoms with Crippen molar-refractivity contribution in [1.82, 2.24) is 5.32 Å². The molecule has 2 aromatic carbocycles. The predicted octanol–water partition coefficient (Wildman–Crippen LogP) is 3.50. The molecule has 0 saturated heterocycles. The number of carbonyl (C=O) groups excluding carboxylic acids is 2. The Kier molecular flexibility index (Phi) is 5.49. The Hall–Kier alpha value is -2.62. The molecule has 1 aliphatic carbocycles. The molecule has 130 valence electrons. The average molecular weight is 337 g/mol. The van der Waals surface area contributed by atoms with Crippen LogP contribution >= 0.6 is 0 Å². The van der Waals surface area contributed by atoms with Crippen LogP contribution in [0, 0.1) is 0 Å². The van der Waals surface area contributed by atoms with Crippen molar-refractivity contribution in [3.63, 3.8) is 0 Å². The van der Waals surface area contributed by atoms with Gasteiger partial charge in [0.05, 0.1) is 0 Å². The van der Waals surface area contributed by atoms with Gasteiger partial charge in [0.15, 0.2) is 12.4 Å². The van der Waals surface area contributed by atoms with E-state index >= 15 is 0 Å². The molecule has 1 amide bonds. The molecule has 0 radical (unpaired) electrons. The fourth-order valence-corrected chi connectivity index (χ4v) is 3.31. The lowest BCUT2D eigenvalue weighted by Crippen LogP contribution is -2.33. The first-order chi connectivity index (χ1) is 12.1. The van der Waals surface area contributed by atoms with E-state index in [1.54, 1.807) is 24.3 Å². The molecule has 0 bridgehead atoms. The number of hydrogen-bond donors (Lipinski definition) is 1. The van der Waals surface area contributed by atoms with Crippen molar-refractivity contribution in [2.45, 2.75) is 32.1 Å². The second-order valence-electron chi connectivity index (χ2n) is 6.46. The minimum atomic E-state index is -0.142. The highest BCUT2D eigenvalue weighted by atomic mass is 16.5. The number of hydrogen-bond acceptors (Lipinski definition) is 3. The van der Waals surface area contributed by atoms with Gasteiger partial charge in [0, 0.05) is 18.0 Å². The maximum absolute atomic E-state index is 12.1. The topological polar surface area (TPSA) is 55.4 Å². The van der Waals surface area contributed by atoms with Crippen LogP contribution in [-0.4, -0.2) is 24.8 Å². The highest BCUT2D eigenvalue weighted by Gasteiger charge is 2.20. The summed E-state index contributed by atoms with van der Waals surface area (Å²) in [6, 6.07) is 15.4. The first kappa shape index (κ1) is 17.2. The smallest absolute Gasteiger partial charge is 0.257 e. The molecule has 0 aliphatic heterocycles. The van der Waals surface area contributed by atoms with E-state index in [0.29, 0.717) is 23.8 Å². The van der Waals surface area contributed by atoms with Gasteiger partial charge in [-0.2, -0.15) is 0 Å². The number of rotatable bonds is 6. The van der Waals surface area contributed by atoms with E-state index in [1.807, 2.05) is 0 Å². The zero-order valence-corrected chi connectivity index (χ0v) is 14.5. The summed E-state index contributed by atoms with van der Waals surface area (Å²) in [5, 5.41) is 2.97. The fraction of sp³-hybridized carbons (Fsp3) is 0.333. The maximum Gasteiger partial charge on any atom is 0.257 e. The van der Waals surface area contributed by atoms with Crippen LogP contribution in [0.15, 0.2) is 48.5 Å². The zero-order valence-electron chi connectivity index (χ0n) is 14.5. The fourth-order valence-electron chi connectivity index (χ4n) is 3.31. The molecule has 0 spiro atoms. The summed E-state index contributed by atoms with van der Waals surface area (Å²) in [7, 11) is 0. The van der Waals surface area contributed by atoms with Crippen molar-refractivity contribution >= 4 is 11.7 Å². The van der Waals surface area contributed by atoms with Gasteiger partial charge in [-0.3, -0.25) is 9.59 Å². The standard InChI is InChI=1S/C21H23NO3/c1-15(23)17-8-5-10-19(12-17)25-14-21(24)22-13-18-9-4-7-16-6-2-3-11-20(16)18/h2-3,5-6,8,10-12,18H,4,7,9,13-14H2,1H3,(H,22,24). The van der Waals surface area contributed by atoms with Crippen LogP contribution in [0.25, 0.3) is 0 Å². The van der Waals surface area contributed by atoms with Gasteiger partial charge in [-0.15, -0.1) is 0 Å². The lowest BCUT2D eigenvalue weighted by Gasteiger charge is -2.25. The molecule has 0 aromatic heterocycles. The number of Topliss-reactive ketones (excluding diaryl/α,β-unsaturated/α-hetero) is 1. The van der Waals surface area contributed by atoms with Gasteiger partial charge >= 0.3 is 0 Å². The van der Waals surface area contributed by atoms with Crippen LogP contribution < -0.4 is 10.1 Å². The first-order valence-corrected chi connectivity index (χ1v) is 8.72. The Bertz CT molecular complexity index is 769. The third-order valence-corrected chi connectivity index (χ3v) is 4.65. The van der Waals surface area contributed by atoms with Gasteiger partial charge in [0.1, 0.15) is 5.75 Å². The van der Waals surface area contributed by atoms with Gasteiger partial charge in [-0.1, -0.05) is 36.4 Å². The van der Waals surface area contributed by atoms with Crippen molar-refractivity contribution in [1.29, 1.82) is 0 Å². The average Bonchev–Trinajstić information content (AvgIpc) is 2.65. The molecule has 0 fully saturated rings. The number of ketones is 1. The number of carbonyl (C=O) groups is 2. The normalized spacial score (nSPS) is 16.0. The van der Waals surface area contributed by atoms with Crippen LogP contribution in [0.3, 0.4) is 0 Å². The van der Waals surface area contributed by atoms with Crippen LogP contribution in [0.1, 0.15) is 47.2 Å². The molecule has 0 heterocycles. The van der Waals surface area contributed by atoms with E-state index in [1.165, 1.54) is 18.1 Å². The zero-order chi connectivity index (χ0) is 17.6. The number of nitrogens with one attached hydrogen (secondary N) is 1. The SMILES string of the molecule is CC(=O)c1cccc(OCC(=O)NCC2CCCc3ccccc32)c1. The molecule has 2 aromatic rings. The summed E-state index contributed by atoms with van der Waals surface area (Å²) in [4.78, 5) is 23.5. The van der Waals surface area contributed by atoms with E-state index in [2.05, 4.69) is 29.6 Å². The Balaban J connectivity index is 1.51. The lowest BCUT2D eigenvalue weighted by atomic mass is 9.83. The van der Waals surface area contributed by atoms with Gasteiger partial charge in [-0.25, -0.2) is 0 Å². The molecule has 25 heavy (non-hydrogen) atoms. The first-order valence-electron chi connectivity index (χ1n) is 8.72. The predicted molar refractivity (Wildman–Crippen MR) is 97.1 cm³/mol. The van der Waals surface area contributed by atoms with E-state index < -0.39 is 0 Å². The summed E-state index contributed by atoms with van der Waals surface area (Å²) >= 11 is 0. The molecule has 1 aliphatic rings. The van der Waals surface area contributed by atoms with Crippen molar-refractivity contribution < 1.29 is 14.3 Å². The van der Waals surface area contributed by atoms with Gasteiger partial charge < -0.3 is 10.1 Å². The Labute approximate surface area is 148 Å². The summed E-state index contributed by atoms with van der Waals surface area (Å²) in [5.74, 6) is 0.739. The van der Waals surface area contributed by atoms with Crippen LogP contribution in [0.2, 0.25) is 0 Å². The van der Waals surface area contributed by atoms with E-state index in [4.69, 9.17) is 4.74 Å².